The minimum absolute atomic E-state index is 0.220. The van der Waals surface area contributed by atoms with E-state index in [1.54, 1.807) is 13.0 Å². The predicted octanol–water partition coefficient (Wildman–Crippen LogP) is 2.82. The number of carbonyl (C=O) groups is 2. The molecule has 0 aliphatic carbocycles. The first kappa shape index (κ1) is 15.1. The molecule has 5 nitrogen and oxygen atoms in total. The van der Waals surface area contributed by atoms with E-state index in [4.69, 9.17) is 9.84 Å². The number of hydrogen-bond donors (Lipinski definition) is 1. The lowest BCUT2D eigenvalue weighted by atomic mass is 10.1. The molecular formula is C16H19NO4. The van der Waals surface area contributed by atoms with Gasteiger partial charge in [0.25, 0.3) is 0 Å². The molecule has 2 rings (SSSR count). The summed E-state index contributed by atoms with van der Waals surface area (Å²) in [7, 11) is 0. The third-order valence-electron chi connectivity index (χ3n) is 3.52. The Hall–Kier alpha value is -2.30. The van der Waals surface area contributed by atoms with E-state index in [1.807, 2.05) is 30.3 Å². The molecule has 0 bridgehead atoms. The van der Waals surface area contributed by atoms with Crippen molar-refractivity contribution < 1.29 is 19.4 Å². The van der Waals surface area contributed by atoms with Crippen molar-refractivity contribution in [2.75, 3.05) is 6.54 Å². The minimum Gasteiger partial charge on any atom is -0.465 e. The van der Waals surface area contributed by atoms with Gasteiger partial charge in [-0.1, -0.05) is 36.4 Å². The Morgan fingerprint density at radius 2 is 2.10 bits per heavy atom. The van der Waals surface area contributed by atoms with Gasteiger partial charge in [0.2, 0.25) is 0 Å². The van der Waals surface area contributed by atoms with Crippen LogP contribution in [0.25, 0.3) is 0 Å². The molecule has 0 spiro atoms. The number of rotatable bonds is 4. The molecule has 112 valence electrons. The van der Waals surface area contributed by atoms with Crippen molar-refractivity contribution in [1.82, 2.24) is 4.90 Å². The van der Waals surface area contributed by atoms with Crippen molar-refractivity contribution in [3.05, 3.63) is 47.5 Å². The van der Waals surface area contributed by atoms with Gasteiger partial charge in [-0.15, -0.1) is 0 Å². The Morgan fingerprint density at radius 1 is 1.38 bits per heavy atom. The van der Waals surface area contributed by atoms with E-state index in [1.165, 1.54) is 4.90 Å². The summed E-state index contributed by atoms with van der Waals surface area (Å²) in [6.07, 6.45) is 2.31. The van der Waals surface area contributed by atoms with Crippen LogP contribution in [0.1, 0.15) is 25.3 Å². The number of carbonyl (C=O) groups excluding carboxylic acids is 1. The number of likely N-dealkylation sites (tertiary alicyclic amines) is 1. The van der Waals surface area contributed by atoms with Gasteiger partial charge in [0.1, 0.15) is 6.61 Å². The molecule has 1 aliphatic heterocycles. The zero-order chi connectivity index (χ0) is 15.2. The number of ether oxygens (including phenoxy) is 1. The topological polar surface area (TPSA) is 66.8 Å². The summed E-state index contributed by atoms with van der Waals surface area (Å²) in [6, 6.07) is 9.21. The van der Waals surface area contributed by atoms with E-state index in [-0.39, 0.29) is 12.6 Å². The molecule has 1 aromatic carbocycles. The van der Waals surface area contributed by atoms with Crippen LogP contribution in [0.4, 0.5) is 4.79 Å². The van der Waals surface area contributed by atoms with Gasteiger partial charge in [-0.2, -0.15) is 0 Å². The zero-order valence-corrected chi connectivity index (χ0v) is 12.0. The predicted molar refractivity (Wildman–Crippen MR) is 77.7 cm³/mol. The molecule has 1 aliphatic rings. The number of hydrogen-bond acceptors (Lipinski definition) is 3. The SMILES string of the molecule is CC(=C[C@@H]1CCCN1C(=O)O)C(=O)OCc1ccccc1. The van der Waals surface area contributed by atoms with E-state index >= 15 is 0 Å². The lowest BCUT2D eigenvalue weighted by Crippen LogP contribution is -2.33. The maximum atomic E-state index is 11.9. The molecule has 1 fully saturated rings. The molecule has 0 unspecified atom stereocenters. The normalized spacial score (nSPS) is 18.6. The fraction of sp³-hybridized carbons (Fsp3) is 0.375. The van der Waals surface area contributed by atoms with Crippen LogP contribution < -0.4 is 0 Å². The fourth-order valence-electron chi connectivity index (χ4n) is 2.40. The lowest BCUT2D eigenvalue weighted by Gasteiger charge is -2.18. The number of esters is 1. The van der Waals surface area contributed by atoms with E-state index < -0.39 is 12.1 Å². The highest BCUT2D eigenvalue weighted by molar-refractivity contribution is 5.88. The van der Waals surface area contributed by atoms with Gasteiger partial charge in [0.15, 0.2) is 0 Å². The molecule has 1 amide bonds. The molecule has 1 heterocycles. The van der Waals surface area contributed by atoms with E-state index in [2.05, 4.69) is 0 Å². The standard InChI is InChI=1S/C16H19NO4/c1-12(10-14-8-5-9-17(14)16(19)20)15(18)21-11-13-6-3-2-4-7-13/h2-4,6-7,10,14H,5,8-9,11H2,1H3,(H,19,20)/t14-/m0/s1. The number of nitrogens with zero attached hydrogens (tertiary/aromatic N) is 1. The second-order valence-corrected chi connectivity index (χ2v) is 5.10. The summed E-state index contributed by atoms with van der Waals surface area (Å²) >= 11 is 0. The third kappa shape index (κ3) is 4.08. The summed E-state index contributed by atoms with van der Waals surface area (Å²) in [5.41, 5.74) is 1.37. The van der Waals surface area contributed by atoms with Crippen LogP contribution in [-0.4, -0.2) is 34.7 Å². The number of carboxylic acid groups (broad SMARTS) is 1. The van der Waals surface area contributed by atoms with E-state index in [0.29, 0.717) is 12.1 Å². The Kier molecular flexibility index (Phi) is 4.98. The molecule has 21 heavy (non-hydrogen) atoms. The van der Waals surface area contributed by atoms with Crippen molar-refractivity contribution in [1.29, 1.82) is 0 Å². The van der Waals surface area contributed by atoms with Gasteiger partial charge < -0.3 is 14.7 Å². The highest BCUT2D eigenvalue weighted by Gasteiger charge is 2.27. The molecule has 1 saturated heterocycles. The van der Waals surface area contributed by atoms with Crippen LogP contribution in [0.15, 0.2) is 42.0 Å². The molecule has 0 saturated carbocycles. The van der Waals surface area contributed by atoms with Gasteiger partial charge in [0.05, 0.1) is 6.04 Å². The quantitative estimate of drug-likeness (QED) is 0.683. The van der Waals surface area contributed by atoms with Crippen LogP contribution in [-0.2, 0) is 16.1 Å². The second-order valence-electron chi connectivity index (χ2n) is 5.10. The van der Waals surface area contributed by atoms with Crippen molar-refractivity contribution >= 4 is 12.1 Å². The monoisotopic (exact) mass is 289 g/mol. The summed E-state index contributed by atoms with van der Waals surface area (Å²) in [5.74, 6) is -0.406. The molecule has 1 N–H and O–H groups in total. The molecule has 0 aromatic heterocycles. The summed E-state index contributed by atoms with van der Waals surface area (Å²) < 4.78 is 5.22. The Bertz CT molecular complexity index is 538. The van der Waals surface area contributed by atoms with Crippen molar-refractivity contribution in [3.63, 3.8) is 0 Å². The largest absolute Gasteiger partial charge is 0.465 e. The van der Waals surface area contributed by atoms with Crippen LogP contribution in [0.3, 0.4) is 0 Å². The molecule has 1 aromatic rings. The summed E-state index contributed by atoms with van der Waals surface area (Å²) in [6.45, 7) is 2.40. The first-order valence-electron chi connectivity index (χ1n) is 6.97. The van der Waals surface area contributed by atoms with Gasteiger partial charge in [-0.25, -0.2) is 9.59 Å². The van der Waals surface area contributed by atoms with Crippen molar-refractivity contribution in [2.24, 2.45) is 0 Å². The molecule has 5 heteroatoms. The molecular weight excluding hydrogens is 270 g/mol. The minimum atomic E-state index is -0.945. The average Bonchev–Trinajstić information content (AvgIpc) is 2.94. The van der Waals surface area contributed by atoms with Gasteiger partial charge in [-0.3, -0.25) is 0 Å². The smallest absolute Gasteiger partial charge is 0.407 e. The van der Waals surface area contributed by atoms with Crippen LogP contribution >= 0.6 is 0 Å². The average molecular weight is 289 g/mol. The van der Waals surface area contributed by atoms with Gasteiger partial charge in [0, 0.05) is 12.1 Å². The van der Waals surface area contributed by atoms with Crippen LogP contribution in [0.5, 0.6) is 0 Å². The van der Waals surface area contributed by atoms with Gasteiger partial charge in [-0.05, 0) is 25.3 Å². The Labute approximate surface area is 123 Å². The molecule has 0 radical (unpaired) electrons. The van der Waals surface area contributed by atoms with Crippen LogP contribution in [0.2, 0.25) is 0 Å². The first-order valence-corrected chi connectivity index (χ1v) is 6.97. The fourth-order valence-corrected chi connectivity index (χ4v) is 2.40. The number of amides is 1. The van der Waals surface area contributed by atoms with E-state index in [0.717, 1.165) is 18.4 Å². The lowest BCUT2D eigenvalue weighted by molar-refractivity contribution is -0.140. The highest BCUT2D eigenvalue weighted by Crippen LogP contribution is 2.20. The third-order valence-corrected chi connectivity index (χ3v) is 3.52. The van der Waals surface area contributed by atoms with Crippen molar-refractivity contribution in [3.8, 4) is 0 Å². The summed E-state index contributed by atoms with van der Waals surface area (Å²) in [5, 5.41) is 9.07. The zero-order valence-electron chi connectivity index (χ0n) is 12.0. The second kappa shape index (κ2) is 6.92. The van der Waals surface area contributed by atoms with Crippen molar-refractivity contribution in [2.45, 2.75) is 32.4 Å². The Balaban J connectivity index is 1.92. The summed E-state index contributed by atoms with van der Waals surface area (Å²) in [4.78, 5) is 24.3. The first-order chi connectivity index (χ1) is 10.1. The van der Waals surface area contributed by atoms with Gasteiger partial charge >= 0.3 is 12.1 Å². The number of benzene rings is 1. The van der Waals surface area contributed by atoms with Crippen LogP contribution in [0, 0.1) is 0 Å². The maximum Gasteiger partial charge on any atom is 0.407 e. The maximum absolute atomic E-state index is 11.9. The Morgan fingerprint density at radius 3 is 2.76 bits per heavy atom. The highest BCUT2D eigenvalue weighted by atomic mass is 16.5. The molecule has 1 atom stereocenters. The van der Waals surface area contributed by atoms with E-state index in [9.17, 15) is 9.59 Å².